The number of unbranched alkanes of at least 4 members (excludes halogenated alkanes) is 48. The maximum absolute atomic E-state index is 13.3. The fourth-order valence-electron chi connectivity index (χ4n) is 11.8. The Bertz CT molecular complexity index is 1600. The number of aliphatic hydroxyl groups is 2. The van der Waals surface area contributed by atoms with Crippen molar-refractivity contribution in [1.29, 1.82) is 0 Å². The second-order valence-electron chi connectivity index (χ2n) is 25.9. The van der Waals surface area contributed by atoms with E-state index in [1.165, 1.54) is 263 Å². The quantitative estimate of drug-likeness (QED) is 0.0228. The summed E-state index contributed by atoms with van der Waals surface area (Å²) >= 11 is 0. The van der Waals surface area contributed by atoms with Crippen molar-refractivity contribution in [3.63, 3.8) is 0 Å². The Hall–Kier alpha value is -2.80. The normalized spacial score (nSPS) is 17.4. The van der Waals surface area contributed by atoms with Crippen molar-refractivity contribution < 1.29 is 58.2 Å². The molecule has 1 saturated heterocycles. The zero-order valence-electron chi connectivity index (χ0n) is 56.8. The minimum atomic E-state index is -1.90. The van der Waals surface area contributed by atoms with Gasteiger partial charge in [0.2, 0.25) is 0 Å². The van der Waals surface area contributed by atoms with E-state index < -0.39 is 67.3 Å². The number of hydrogen-bond acceptors (Lipinski definition) is 11. The van der Waals surface area contributed by atoms with Crippen LogP contribution in [-0.4, -0.2) is 89.2 Å². The topological polar surface area (TPSA) is 175 Å². The number of hydrogen-bond donors (Lipinski definition) is 3. The molecule has 6 atom stereocenters. The number of aliphatic carboxylic acids is 1. The van der Waals surface area contributed by atoms with Crippen LogP contribution in [0.3, 0.4) is 0 Å². The smallest absolute Gasteiger partial charge is 0.335 e. The van der Waals surface area contributed by atoms with Crippen molar-refractivity contribution in [2.45, 2.75) is 417 Å². The molecule has 12 heteroatoms. The molecular weight excluding hydrogens is 1090 g/mol. The number of allylic oxidation sites excluding steroid dienone is 4. The van der Waals surface area contributed by atoms with E-state index in [0.29, 0.717) is 19.3 Å². The minimum Gasteiger partial charge on any atom is -0.479 e. The number of carbonyl (C=O) groups excluding carboxylic acids is 3. The monoisotopic (exact) mass is 1230 g/mol. The number of rotatable bonds is 66. The molecule has 1 heterocycles. The fourth-order valence-corrected chi connectivity index (χ4v) is 11.8. The predicted octanol–water partition coefficient (Wildman–Crippen LogP) is 20.9. The summed E-state index contributed by atoms with van der Waals surface area (Å²) in [6, 6.07) is 0. The standard InChI is InChI=1S/C75H138O12/c1-4-7-10-13-16-19-22-25-28-31-34-37-40-43-46-49-52-55-58-61-67(76)83-64-66(85-68(77)62-59-56-53-50-47-44-41-38-35-32-29-26-23-20-17-14-11-8-5-2)65-84-75-73(71(80)70(79)72(87-75)74(81)82)86-69(78)63-60-57-54-51-48-45-42-39-36-33-30-27-24-21-18-15-12-9-6-3/h25-26,28-29,66,70-73,75,79-80H,4-24,27,30-65H2,1-3H3,(H,81,82)/b28-25-,29-26-. The van der Waals surface area contributed by atoms with Crippen LogP contribution in [0.1, 0.15) is 380 Å². The Kier molecular flexibility index (Phi) is 59.9. The lowest BCUT2D eigenvalue weighted by atomic mass is 9.98. The highest BCUT2D eigenvalue weighted by molar-refractivity contribution is 5.74. The van der Waals surface area contributed by atoms with E-state index in [4.69, 9.17) is 23.7 Å². The van der Waals surface area contributed by atoms with Gasteiger partial charge in [-0.25, -0.2) is 4.79 Å². The molecule has 0 saturated carbocycles. The van der Waals surface area contributed by atoms with E-state index in [2.05, 4.69) is 45.1 Å². The highest BCUT2D eigenvalue weighted by atomic mass is 16.7. The van der Waals surface area contributed by atoms with Crippen LogP contribution in [0.2, 0.25) is 0 Å². The van der Waals surface area contributed by atoms with Gasteiger partial charge >= 0.3 is 23.9 Å². The molecule has 1 fully saturated rings. The predicted molar refractivity (Wildman–Crippen MR) is 359 cm³/mol. The van der Waals surface area contributed by atoms with Gasteiger partial charge in [-0.3, -0.25) is 14.4 Å². The van der Waals surface area contributed by atoms with Crippen molar-refractivity contribution in [3.05, 3.63) is 24.3 Å². The largest absolute Gasteiger partial charge is 0.479 e. The average molecular weight is 1230 g/mol. The van der Waals surface area contributed by atoms with Crippen molar-refractivity contribution >= 4 is 23.9 Å². The van der Waals surface area contributed by atoms with Gasteiger partial charge in [-0.15, -0.1) is 0 Å². The SMILES string of the molecule is CCCCCCCC/C=C\CCCCCCCCCCCC(=O)OCC(COC1OC(C(=O)O)C(O)C(O)C1OC(=O)CCCCCCCCCCCCCCCCCCCCC)OC(=O)CCCCCCCCCCC/C=C\CCCCCCCC. The van der Waals surface area contributed by atoms with Crippen LogP contribution in [0.25, 0.3) is 0 Å². The average Bonchev–Trinajstić information content (AvgIpc) is 2.56. The van der Waals surface area contributed by atoms with Crippen molar-refractivity contribution in [2.24, 2.45) is 0 Å². The molecule has 12 nitrogen and oxygen atoms in total. The zero-order chi connectivity index (χ0) is 63.1. The molecule has 0 spiro atoms. The first kappa shape index (κ1) is 82.2. The molecule has 6 unspecified atom stereocenters. The second kappa shape index (κ2) is 63.4. The van der Waals surface area contributed by atoms with E-state index in [9.17, 15) is 34.5 Å². The molecule has 1 aliphatic rings. The third-order valence-corrected chi connectivity index (χ3v) is 17.5. The minimum absolute atomic E-state index is 0.0681. The second-order valence-corrected chi connectivity index (χ2v) is 25.9. The number of ether oxygens (including phenoxy) is 5. The van der Waals surface area contributed by atoms with Crippen LogP contribution in [-0.2, 0) is 42.9 Å². The van der Waals surface area contributed by atoms with Gasteiger partial charge in [-0.05, 0) is 70.6 Å². The van der Waals surface area contributed by atoms with Gasteiger partial charge in [0.05, 0.1) is 6.61 Å². The molecule has 0 aromatic heterocycles. The summed E-state index contributed by atoms with van der Waals surface area (Å²) in [5.41, 5.74) is 0. The molecule has 510 valence electrons. The fraction of sp³-hybridized carbons (Fsp3) is 0.893. The first-order valence-corrected chi connectivity index (χ1v) is 37.3. The molecule has 0 aromatic rings. The van der Waals surface area contributed by atoms with E-state index in [1.54, 1.807) is 0 Å². The van der Waals surface area contributed by atoms with Crippen LogP contribution in [0.5, 0.6) is 0 Å². The molecule has 3 N–H and O–H groups in total. The Labute approximate surface area is 534 Å². The molecule has 0 radical (unpaired) electrons. The van der Waals surface area contributed by atoms with E-state index in [1.807, 2.05) is 0 Å². The van der Waals surface area contributed by atoms with Crippen LogP contribution in [0.15, 0.2) is 24.3 Å². The van der Waals surface area contributed by atoms with Crippen LogP contribution >= 0.6 is 0 Å². The molecule has 1 rings (SSSR count). The van der Waals surface area contributed by atoms with Crippen molar-refractivity contribution in [2.75, 3.05) is 13.2 Å². The lowest BCUT2D eigenvalue weighted by molar-refractivity contribution is -0.301. The van der Waals surface area contributed by atoms with Crippen LogP contribution < -0.4 is 0 Å². The maximum atomic E-state index is 13.3. The third-order valence-electron chi connectivity index (χ3n) is 17.5. The van der Waals surface area contributed by atoms with Gasteiger partial charge in [-0.2, -0.15) is 0 Å². The van der Waals surface area contributed by atoms with Gasteiger partial charge in [0.15, 0.2) is 24.6 Å². The molecular formula is C75H138O12. The lowest BCUT2D eigenvalue weighted by Gasteiger charge is -2.40. The summed E-state index contributed by atoms with van der Waals surface area (Å²) in [6.07, 6.45) is 64.1. The maximum Gasteiger partial charge on any atom is 0.335 e. The summed E-state index contributed by atoms with van der Waals surface area (Å²) < 4.78 is 28.7. The van der Waals surface area contributed by atoms with Crippen molar-refractivity contribution in [1.82, 2.24) is 0 Å². The highest BCUT2D eigenvalue weighted by Gasteiger charge is 2.50. The van der Waals surface area contributed by atoms with Crippen LogP contribution in [0, 0.1) is 0 Å². The summed E-state index contributed by atoms with van der Waals surface area (Å²) in [5.74, 6) is -3.07. The Morgan fingerprint density at radius 1 is 0.368 bits per heavy atom. The van der Waals surface area contributed by atoms with Gasteiger partial charge in [0, 0.05) is 19.3 Å². The first-order valence-electron chi connectivity index (χ1n) is 37.3. The summed E-state index contributed by atoms with van der Waals surface area (Å²) in [7, 11) is 0. The molecule has 0 bridgehead atoms. The third kappa shape index (κ3) is 52.5. The Morgan fingerprint density at radius 3 is 0.977 bits per heavy atom. The number of carbonyl (C=O) groups is 4. The van der Waals surface area contributed by atoms with Gasteiger partial charge in [-0.1, -0.05) is 315 Å². The molecule has 1 aliphatic heterocycles. The summed E-state index contributed by atoms with van der Waals surface area (Å²) in [6.45, 7) is 6.08. The molecule has 87 heavy (non-hydrogen) atoms. The van der Waals surface area contributed by atoms with Gasteiger partial charge in [0.25, 0.3) is 0 Å². The Balaban J connectivity index is 2.59. The van der Waals surface area contributed by atoms with Gasteiger partial charge < -0.3 is 39.0 Å². The summed E-state index contributed by atoms with van der Waals surface area (Å²) in [5, 5.41) is 31.7. The molecule has 0 aliphatic carbocycles. The van der Waals surface area contributed by atoms with E-state index in [0.717, 1.165) is 57.8 Å². The van der Waals surface area contributed by atoms with E-state index in [-0.39, 0.29) is 25.9 Å². The Morgan fingerprint density at radius 2 is 0.655 bits per heavy atom. The summed E-state index contributed by atoms with van der Waals surface area (Å²) in [4.78, 5) is 51.6. The highest BCUT2D eigenvalue weighted by Crippen LogP contribution is 2.27. The first-order chi connectivity index (χ1) is 42.6. The van der Waals surface area contributed by atoms with Crippen LogP contribution in [0.4, 0.5) is 0 Å². The number of carboxylic acids is 1. The molecule has 0 aromatic carbocycles. The number of aliphatic hydroxyl groups excluding tert-OH is 2. The zero-order valence-corrected chi connectivity index (χ0v) is 56.8. The lowest BCUT2D eigenvalue weighted by Crippen LogP contribution is -2.61. The van der Waals surface area contributed by atoms with Crippen molar-refractivity contribution in [3.8, 4) is 0 Å². The number of esters is 3. The van der Waals surface area contributed by atoms with E-state index >= 15 is 0 Å². The number of carboxylic acid groups (broad SMARTS) is 1. The molecule has 0 amide bonds. The van der Waals surface area contributed by atoms with Gasteiger partial charge in [0.1, 0.15) is 18.8 Å².